The van der Waals surface area contributed by atoms with Gasteiger partial charge in [0, 0.05) is 12.1 Å². The van der Waals surface area contributed by atoms with Gasteiger partial charge in [-0.25, -0.2) is 13.6 Å². The van der Waals surface area contributed by atoms with E-state index in [2.05, 4.69) is 17.8 Å². The van der Waals surface area contributed by atoms with Gasteiger partial charge >= 0.3 is 5.97 Å². The van der Waals surface area contributed by atoms with Gasteiger partial charge < -0.3 is 4.74 Å². The van der Waals surface area contributed by atoms with Crippen molar-refractivity contribution in [2.24, 2.45) is 4.99 Å². The summed E-state index contributed by atoms with van der Waals surface area (Å²) in [5, 5.41) is 0. The zero-order valence-corrected chi connectivity index (χ0v) is 13.3. The van der Waals surface area contributed by atoms with E-state index < -0.39 is 23.3 Å². The Balaban J connectivity index is 2.08. The number of nitrogens with zero attached hydrogens (tertiary/aromatic N) is 1. The monoisotopic (exact) mass is 329 g/mol. The van der Waals surface area contributed by atoms with Crippen molar-refractivity contribution < 1.29 is 18.3 Å². The number of aliphatic imine (C=N–C) groups is 1. The number of allylic oxidation sites excluding steroid dienone is 2. The smallest absolute Gasteiger partial charge is 0.343 e. The zero-order valence-electron chi connectivity index (χ0n) is 13.3. The SMILES string of the molecule is C=Nc1c(F)cc(OC(=O)c2ccc(CCC=CC)cc2)cc1F. The molecular formula is C19H17F2NO2. The Morgan fingerprint density at radius 2 is 1.83 bits per heavy atom. The van der Waals surface area contributed by atoms with E-state index in [0.29, 0.717) is 5.56 Å². The van der Waals surface area contributed by atoms with Gasteiger partial charge in [0.1, 0.15) is 11.4 Å². The maximum atomic E-state index is 13.6. The lowest BCUT2D eigenvalue weighted by atomic mass is 10.1. The fourth-order valence-corrected chi connectivity index (χ4v) is 2.14. The molecule has 24 heavy (non-hydrogen) atoms. The van der Waals surface area contributed by atoms with E-state index in [4.69, 9.17) is 4.74 Å². The molecule has 2 rings (SSSR count). The molecule has 0 aliphatic carbocycles. The highest BCUT2D eigenvalue weighted by Gasteiger charge is 2.14. The molecule has 0 aliphatic heterocycles. The topological polar surface area (TPSA) is 38.7 Å². The highest BCUT2D eigenvalue weighted by Crippen LogP contribution is 2.27. The standard InChI is InChI=1S/C19H17F2NO2/c1-3-4-5-6-13-7-9-14(10-8-13)19(23)24-15-11-16(20)18(22-2)17(21)12-15/h3-4,7-12H,2,5-6H2,1H3. The molecule has 0 aromatic heterocycles. The molecule has 0 amide bonds. The van der Waals surface area contributed by atoms with Gasteiger partial charge in [0.15, 0.2) is 11.6 Å². The van der Waals surface area contributed by atoms with Crippen LogP contribution in [0.5, 0.6) is 5.75 Å². The Bertz CT molecular complexity index is 744. The second kappa shape index (κ2) is 8.15. The summed E-state index contributed by atoms with van der Waals surface area (Å²) in [6.45, 7) is 5.04. The van der Waals surface area contributed by atoms with Crippen molar-refractivity contribution >= 4 is 18.4 Å². The molecule has 5 heteroatoms. The number of ether oxygens (including phenoxy) is 1. The third-order valence-corrected chi connectivity index (χ3v) is 3.38. The third kappa shape index (κ3) is 4.35. The molecule has 2 aromatic carbocycles. The number of halogens is 2. The minimum absolute atomic E-state index is 0.223. The largest absolute Gasteiger partial charge is 0.423 e. The molecule has 0 bridgehead atoms. The summed E-state index contributed by atoms with van der Waals surface area (Å²) < 4.78 is 32.2. The summed E-state index contributed by atoms with van der Waals surface area (Å²) in [6, 6.07) is 8.70. The van der Waals surface area contributed by atoms with Gasteiger partial charge in [0.05, 0.1) is 5.56 Å². The predicted octanol–water partition coefficient (Wildman–Crippen LogP) is 5.02. The van der Waals surface area contributed by atoms with Gasteiger partial charge in [0.2, 0.25) is 0 Å². The summed E-state index contributed by atoms with van der Waals surface area (Å²) in [6.07, 6.45) is 5.83. The number of esters is 1. The van der Waals surface area contributed by atoms with Crippen molar-refractivity contribution in [2.45, 2.75) is 19.8 Å². The predicted molar refractivity (Wildman–Crippen MR) is 90.1 cm³/mol. The van der Waals surface area contributed by atoms with Gasteiger partial charge in [-0.3, -0.25) is 4.99 Å². The van der Waals surface area contributed by atoms with Gasteiger partial charge in [0.25, 0.3) is 0 Å². The summed E-state index contributed by atoms with van der Waals surface area (Å²) in [4.78, 5) is 15.3. The van der Waals surface area contributed by atoms with Crippen LogP contribution in [0.2, 0.25) is 0 Å². The number of carbonyl (C=O) groups is 1. The molecule has 0 N–H and O–H groups in total. The second-order valence-electron chi connectivity index (χ2n) is 5.09. The van der Waals surface area contributed by atoms with Gasteiger partial charge in [-0.2, -0.15) is 0 Å². The van der Waals surface area contributed by atoms with Gasteiger partial charge in [-0.1, -0.05) is 24.3 Å². The van der Waals surface area contributed by atoms with Crippen LogP contribution in [0, 0.1) is 11.6 Å². The van der Waals surface area contributed by atoms with E-state index in [1.807, 2.05) is 25.1 Å². The van der Waals surface area contributed by atoms with Crippen molar-refractivity contribution in [3.8, 4) is 5.75 Å². The molecule has 3 nitrogen and oxygen atoms in total. The van der Waals surface area contributed by atoms with Crippen molar-refractivity contribution in [3.63, 3.8) is 0 Å². The molecule has 0 saturated carbocycles. The summed E-state index contributed by atoms with van der Waals surface area (Å²) >= 11 is 0. The number of benzene rings is 2. The van der Waals surface area contributed by atoms with E-state index in [9.17, 15) is 13.6 Å². The first-order valence-corrected chi connectivity index (χ1v) is 7.43. The minimum Gasteiger partial charge on any atom is -0.423 e. The quantitative estimate of drug-likeness (QED) is 0.323. The molecule has 0 saturated heterocycles. The maximum absolute atomic E-state index is 13.6. The highest BCUT2D eigenvalue weighted by molar-refractivity contribution is 5.91. The zero-order chi connectivity index (χ0) is 17.5. The lowest BCUT2D eigenvalue weighted by Crippen LogP contribution is -2.09. The number of hydrogen-bond acceptors (Lipinski definition) is 3. The summed E-state index contributed by atoms with van der Waals surface area (Å²) in [7, 11) is 0. The van der Waals surface area contributed by atoms with Crippen LogP contribution in [0.1, 0.15) is 29.3 Å². The Hall–Kier alpha value is -2.82. The third-order valence-electron chi connectivity index (χ3n) is 3.38. The molecule has 0 radical (unpaired) electrons. The van der Waals surface area contributed by atoms with Crippen LogP contribution in [-0.4, -0.2) is 12.7 Å². The van der Waals surface area contributed by atoms with Crippen LogP contribution in [0.15, 0.2) is 53.5 Å². The molecule has 0 spiro atoms. The normalized spacial score (nSPS) is 10.8. The van der Waals surface area contributed by atoms with Crippen LogP contribution in [-0.2, 0) is 6.42 Å². The molecule has 0 fully saturated rings. The lowest BCUT2D eigenvalue weighted by Gasteiger charge is -2.07. The molecule has 2 aromatic rings. The van der Waals surface area contributed by atoms with Crippen molar-refractivity contribution in [2.75, 3.05) is 0 Å². The van der Waals surface area contributed by atoms with Gasteiger partial charge in [-0.05, 0) is 44.2 Å². The van der Waals surface area contributed by atoms with Crippen LogP contribution < -0.4 is 4.74 Å². The molecule has 0 unspecified atom stereocenters. The lowest BCUT2D eigenvalue weighted by molar-refractivity contribution is 0.0734. The Kier molecular flexibility index (Phi) is 5.95. The number of rotatable bonds is 6. The second-order valence-corrected chi connectivity index (χ2v) is 5.09. The molecular weight excluding hydrogens is 312 g/mol. The van der Waals surface area contributed by atoms with Gasteiger partial charge in [-0.15, -0.1) is 0 Å². The number of aryl methyl sites for hydroxylation is 1. The van der Waals surface area contributed by atoms with E-state index in [1.165, 1.54) is 0 Å². The summed E-state index contributed by atoms with van der Waals surface area (Å²) in [5.41, 5.74) is 0.889. The van der Waals surface area contributed by atoms with Crippen LogP contribution in [0.25, 0.3) is 0 Å². The average molecular weight is 329 g/mol. The van der Waals surface area contributed by atoms with Crippen LogP contribution in [0.3, 0.4) is 0 Å². The number of carbonyl (C=O) groups excluding carboxylic acids is 1. The molecule has 0 heterocycles. The number of hydrogen-bond donors (Lipinski definition) is 0. The first-order chi connectivity index (χ1) is 11.5. The van der Waals surface area contributed by atoms with E-state index >= 15 is 0 Å². The summed E-state index contributed by atoms with van der Waals surface area (Å²) in [5.74, 6) is -2.79. The molecule has 124 valence electrons. The maximum Gasteiger partial charge on any atom is 0.343 e. The molecule has 0 atom stereocenters. The van der Waals surface area contributed by atoms with Crippen molar-refractivity contribution in [1.29, 1.82) is 0 Å². The first-order valence-electron chi connectivity index (χ1n) is 7.43. The Labute approximate surface area is 139 Å². The Morgan fingerprint density at radius 1 is 1.21 bits per heavy atom. The molecule has 0 aliphatic rings. The average Bonchev–Trinajstić information content (AvgIpc) is 2.55. The van der Waals surface area contributed by atoms with Crippen molar-refractivity contribution in [1.82, 2.24) is 0 Å². The fourth-order valence-electron chi connectivity index (χ4n) is 2.14. The van der Waals surface area contributed by atoms with Crippen LogP contribution in [0.4, 0.5) is 14.5 Å². The van der Waals surface area contributed by atoms with E-state index in [0.717, 1.165) is 30.5 Å². The van der Waals surface area contributed by atoms with Crippen molar-refractivity contribution in [3.05, 3.63) is 71.3 Å². The fraction of sp³-hybridized carbons (Fsp3) is 0.158. The minimum atomic E-state index is -0.938. The van der Waals surface area contributed by atoms with E-state index in [1.54, 1.807) is 12.1 Å². The Morgan fingerprint density at radius 3 is 2.38 bits per heavy atom. The van der Waals surface area contributed by atoms with E-state index in [-0.39, 0.29) is 5.75 Å². The highest BCUT2D eigenvalue weighted by atomic mass is 19.1. The first kappa shape index (κ1) is 17.5. The van der Waals surface area contributed by atoms with Crippen LogP contribution >= 0.6 is 0 Å².